The van der Waals surface area contributed by atoms with Gasteiger partial charge in [-0.15, -0.1) is 11.6 Å². The second-order valence-corrected chi connectivity index (χ2v) is 9.01. The van der Waals surface area contributed by atoms with Crippen molar-refractivity contribution in [2.24, 2.45) is 11.8 Å². The number of carbonyl (C=O) groups excluding carboxylic acids is 1. The molecule has 0 spiro atoms. The van der Waals surface area contributed by atoms with Crippen LogP contribution in [0.2, 0.25) is 0 Å². The molecule has 1 N–H and O–H groups in total. The summed E-state index contributed by atoms with van der Waals surface area (Å²) in [5.41, 5.74) is -2.10. The molecule has 0 saturated heterocycles. The van der Waals surface area contributed by atoms with Gasteiger partial charge in [-0.05, 0) is 11.8 Å². The summed E-state index contributed by atoms with van der Waals surface area (Å²) in [5, 5.41) is 1.10. The molecule has 0 saturated carbocycles. The number of hydrogen-bond donors (Lipinski definition) is 1. The zero-order valence-corrected chi connectivity index (χ0v) is 18.5. The third kappa shape index (κ3) is 3.91. The first kappa shape index (κ1) is 24.1. The molecule has 0 bridgehead atoms. The molecule has 0 aromatic carbocycles. The first-order valence-corrected chi connectivity index (χ1v) is 10.4. The Morgan fingerprint density at radius 3 is 1.96 bits per heavy atom. The highest BCUT2D eigenvalue weighted by atomic mass is 35.5. The van der Waals surface area contributed by atoms with Gasteiger partial charge in [0.2, 0.25) is 0 Å². The highest BCUT2D eigenvalue weighted by molar-refractivity contribution is 7.43. The molecule has 2 atom stereocenters. The summed E-state index contributed by atoms with van der Waals surface area (Å²) in [4.78, 5) is 32.7. The zero-order valence-electron chi connectivity index (χ0n) is 14.6. The lowest BCUT2D eigenvalue weighted by molar-refractivity contribution is -0.350. The van der Waals surface area contributed by atoms with Gasteiger partial charge < -0.3 is 28.9 Å². The average molecular weight is 469 g/mol. The van der Waals surface area contributed by atoms with Crippen molar-refractivity contribution < 1.29 is 28.4 Å². The molecule has 0 heterocycles. The molecule has 0 fully saturated rings. The lowest BCUT2D eigenvalue weighted by Gasteiger charge is -2.56. The predicted octanol–water partition coefficient (Wildman–Crippen LogP) is 3.37. The molecule has 12 heteroatoms. The smallest absolute Gasteiger partial charge is 0.412 e. The maximum atomic E-state index is 11.6. The maximum Gasteiger partial charge on any atom is 0.412 e. The summed E-state index contributed by atoms with van der Waals surface area (Å²) in [6.07, 6.45) is -0.903. The van der Waals surface area contributed by atoms with Gasteiger partial charge in [-0.2, -0.15) is 0 Å². The molecule has 2 unspecified atom stereocenters. The fourth-order valence-corrected chi connectivity index (χ4v) is 5.52. The van der Waals surface area contributed by atoms with E-state index in [0.29, 0.717) is 0 Å². The first-order valence-electron chi connectivity index (χ1n) is 7.44. The molecule has 1 amide bonds. The monoisotopic (exact) mass is 467 g/mol. The fourth-order valence-electron chi connectivity index (χ4n) is 2.82. The van der Waals surface area contributed by atoms with E-state index in [4.69, 9.17) is 55.7 Å². The molecule has 1 aliphatic rings. The van der Waals surface area contributed by atoms with Crippen molar-refractivity contribution in [2.45, 2.75) is 38.2 Å². The Morgan fingerprint density at radius 1 is 1.12 bits per heavy atom. The molecule has 0 aromatic rings. The van der Waals surface area contributed by atoms with Crippen LogP contribution in [0.15, 0.2) is 20.9 Å². The van der Waals surface area contributed by atoms with Crippen LogP contribution in [-0.2, 0) is 13.8 Å². The summed E-state index contributed by atoms with van der Waals surface area (Å²) in [5.74, 6) is -1.73. The highest BCUT2D eigenvalue weighted by Crippen LogP contribution is 2.62. The van der Waals surface area contributed by atoms with Crippen molar-refractivity contribution in [3.8, 4) is 0 Å². The molecular formula is C14H18Cl4NO6P-2. The molecule has 0 aliphatic heterocycles. The molecule has 7 nitrogen and oxygen atoms in total. The molecule has 26 heavy (non-hydrogen) atoms. The highest BCUT2D eigenvalue weighted by Gasteiger charge is 2.64. The first-order chi connectivity index (χ1) is 11.7. The minimum Gasteiger partial charge on any atom is -0.790 e. The summed E-state index contributed by atoms with van der Waals surface area (Å²) in [6, 6.07) is 0. The molecule has 1 aliphatic carbocycles. The number of rotatable bonds is 5. The van der Waals surface area contributed by atoms with E-state index in [1.165, 1.54) is 20.9 Å². The Bertz CT molecular complexity index is 704. The van der Waals surface area contributed by atoms with Gasteiger partial charge in [-0.3, -0.25) is 0 Å². The van der Waals surface area contributed by atoms with E-state index in [9.17, 15) is 19.1 Å². The van der Waals surface area contributed by atoms with Crippen LogP contribution in [0, 0.1) is 11.8 Å². The summed E-state index contributed by atoms with van der Waals surface area (Å²) in [7, 11) is -4.27. The standard InChI is InChI=1S/C14H20Cl4NO6P/c1-6(2)13(18)11(17)9(24-12(20)19-5)8(15)10(16)14(13,7(3)4)25-26(21,22)23/h6-7H,1-5H3,(H,19,20)(H2,21,22,23)/p-2. The average Bonchev–Trinajstić information content (AvgIpc) is 2.51. The minimum absolute atomic E-state index is 0.311. The Balaban J connectivity index is 3.89. The number of phosphoric ester groups is 1. The second kappa shape index (κ2) is 8.18. The van der Waals surface area contributed by atoms with E-state index < -0.39 is 41.3 Å². The van der Waals surface area contributed by atoms with Crippen molar-refractivity contribution in [1.29, 1.82) is 0 Å². The summed E-state index contributed by atoms with van der Waals surface area (Å²) < 4.78 is 21.4. The van der Waals surface area contributed by atoms with Crippen LogP contribution in [-0.4, -0.2) is 23.6 Å². The van der Waals surface area contributed by atoms with Crippen molar-refractivity contribution in [1.82, 2.24) is 5.32 Å². The van der Waals surface area contributed by atoms with Crippen LogP contribution < -0.4 is 15.1 Å². The third-order valence-electron chi connectivity index (χ3n) is 4.04. The van der Waals surface area contributed by atoms with Gasteiger partial charge >= 0.3 is 6.09 Å². The number of alkyl carbamates (subject to hydrolysis) is 1. The Kier molecular flexibility index (Phi) is 7.57. The number of ether oxygens (including phenoxy) is 1. The summed E-state index contributed by atoms with van der Waals surface area (Å²) >= 11 is 25.7. The van der Waals surface area contributed by atoms with Crippen molar-refractivity contribution in [3.05, 3.63) is 20.9 Å². The van der Waals surface area contributed by atoms with Crippen LogP contribution in [0.5, 0.6) is 0 Å². The van der Waals surface area contributed by atoms with Gasteiger partial charge in [0.05, 0.1) is 17.9 Å². The minimum atomic E-state index is -5.58. The number of hydrogen-bond acceptors (Lipinski definition) is 6. The number of phosphoric acid groups is 1. The van der Waals surface area contributed by atoms with Crippen LogP contribution in [0.3, 0.4) is 0 Å². The Labute approximate surface area is 171 Å². The Hall–Kier alpha value is 0.0200. The molecule has 0 aromatic heterocycles. The van der Waals surface area contributed by atoms with Crippen molar-refractivity contribution >= 4 is 60.3 Å². The lowest BCUT2D eigenvalue weighted by atomic mass is 9.69. The third-order valence-corrected chi connectivity index (χ3v) is 6.95. The van der Waals surface area contributed by atoms with E-state index >= 15 is 0 Å². The van der Waals surface area contributed by atoms with Gasteiger partial charge in [0.15, 0.2) is 5.76 Å². The van der Waals surface area contributed by atoms with E-state index in [0.717, 1.165) is 0 Å². The topological polar surface area (TPSA) is 111 Å². The van der Waals surface area contributed by atoms with Crippen LogP contribution in [0.4, 0.5) is 4.79 Å². The van der Waals surface area contributed by atoms with Crippen LogP contribution in [0.25, 0.3) is 0 Å². The van der Waals surface area contributed by atoms with Gasteiger partial charge in [0, 0.05) is 7.05 Å². The van der Waals surface area contributed by atoms with E-state index in [1.807, 2.05) is 0 Å². The summed E-state index contributed by atoms with van der Waals surface area (Å²) in [6.45, 7) is 6.29. The maximum absolute atomic E-state index is 11.6. The molecular weight excluding hydrogens is 451 g/mol. The van der Waals surface area contributed by atoms with Crippen molar-refractivity contribution in [2.75, 3.05) is 7.05 Å². The van der Waals surface area contributed by atoms with Crippen molar-refractivity contribution in [3.63, 3.8) is 0 Å². The zero-order chi connectivity index (χ0) is 20.7. The predicted molar refractivity (Wildman–Crippen MR) is 96.8 cm³/mol. The van der Waals surface area contributed by atoms with Crippen LogP contribution >= 0.6 is 54.2 Å². The quantitative estimate of drug-likeness (QED) is 0.489. The molecule has 0 radical (unpaired) electrons. The van der Waals surface area contributed by atoms with Crippen LogP contribution in [0.1, 0.15) is 27.7 Å². The number of alkyl halides is 1. The van der Waals surface area contributed by atoms with Gasteiger partial charge in [-0.1, -0.05) is 62.5 Å². The normalized spacial score (nSPS) is 27.4. The fraction of sp³-hybridized carbons (Fsp3) is 0.643. The Morgan fingerprint density at radius 2 is 1.62 bits per heavy atom. The van der Waals surface area contributed by atoms with Gasteiger partial charge in [0.1, 0.15) is 15.5 Å². The number of allylic oxidation sites excluding steroid dienone is 1. The van der Waals surface area contributed by atoms with E-state index in [-0.39, 0.29) is 15.8 Å². The second-order valence-electron chi connectivity index (χ2n) is 6.21. The SMILES string of the molecule is CNC(=O)OC1=C(Cl)C(Cl)(C(C)C)C(OP(=O)([O-])[O-])(C(C)C)C(Cl)=C1Cl. The number of nitrogens with one attached hydrogen (secondary N) is 1. The number of amides is 1. The molecule has 1 rings (SSSR count). The largest absolute Gasteiger partial charge is 0.790 e. The van der Waals surface area contributed by atoms with E-state index in [1.54, 1.807) is 13.8 Å². The van der Waals surface area contributed by atoms with Gasteiger partial charge in [0.25, 0.3) is 0 Å². The number of carbonyl (C=O) groups is 1. The molecule has 150 valence electrons. The lowest BCUT2D eigenvalue weighted by Crippen LogP contribution is -2.61. The van der Waals surface area contributed by atoms with Gasteiger partial charge in [-0.25, -0.2) is 4.79 Å². The number of halogens is 4. The van der Waals surface area contributed by atoms with E-state index in [2.05, 4.69) is 5.32 Å².